The first-order chi connectivity index (χ1) is 16.6. The zero-order valence-electron chi connectivity index (χ0n) is 19.8. The second kappa shape index (κ2) is 8.63. The quantitative estimate of drug-likeness (QED) is 0.623. The van der Waals surface area contributed by atoms with E-state index in [2.05, 4.69) is 56.3 Å². The summed E-state index contributed by atoms with van der Waals surface area (Å²) in [6.45, 7) is 9.18. The van der Waals surface area contributed by atoms with Crippen LogP contribution in [0.1, 0.15) is 47.8 Å². The normalized spacial score (nSPS) is 21.8. The number of aryl methyl sites for hydroxylation is 2. The van der Waals surface area contributed by atoms with Crippen LogP contribution in [0.15, 0.2) is 34.8 Å². The molecule has 2 unspecified atom stereocenters. The molecule has 9 nitrogen and oxygen atoms in total. The van der Waals surface area contributed by atoms with Crippen molar-refractivity contribution in [3.8, 4) is 0 Å². The van der Waals surface area contributed by atoms with E-state index in [0.717, 1.165) is 74.1 Å². The second-order valence-corrected chi connectivity index (χ2v) is 9.80. The molecule has 3 aliphatic rings. The number of nitrogens with one attached hydrogen (secondary N) is 1. The van der Waals surface area contributed by atoms with Crippen molar-refractivity contribution in [3.63, 3.8) is 0 Å². The maximum absolute atomic E-state index is 13.5. The molecule has 2 aromatic heterocycles. The second-order valence-electron chi connectivity index (χ2n) is 9.80. The number of H-pyrrole nitrogens is 1. The van der Waals surface area contributed by atoms with Gasteiger partial charge >= 0.3 is 0 Å². The number of piperazine rings is 1. The summed E-state index contributed by atoms with van der Waals surface area (Å²) in [5.74, 6) is 0.706. The molecule has 0 saturated carbocycles. The van der Waals surface area contributed by atoms with Gasteiger partial charge in [-0.1, -0.05) is 12.1 Å². The standard InChI is InChI=1S/C25H31N7O2/c1-16-11-17(2)20-13-21(25(33)26-22(20)12-16)23(31-9-8-30-7-3-5-18(30)14-31)24-27-28-29-32(24)15-19-6-4-10-34-19/h5,11-13,19,23H,3-4,6-10,14-15H2,1-2H3,(H,26,33). The van der Waals surface area contributed by atoms with Crippen LogP contribution in [-0.2, 0) is 11.3 Å². The Balaban J connectivity index is 1.46. The van der Waals surface area contributed by atoms with Gasteiger partial charge in [-0.25, -0.2) is 4.68 Å². The third kappa shape index (κ3) is 3.82. The van der Waals surface area contributed by atoms with E-state index < -0.39 is 0 Å². The predicted octanol–water partition coefficient (Wildman–Crippen LogP) is 2.31. The highest BCUT2D eigenvalue weighted by atomic mass is 16.5. The van der Waals surface area contributed by atoms with E-state index in [1.165, 1.54) is 5.70 Å². The van der Waals surface area contributed by atoms with Crippen LogP contribution in [0.4, 0.5) is 0 Å². The fourth-order valence-corrected chi connectivity index (χ4v) is 5.75. The molecular weight excluding hydrogens is 430 g/mol. The van der Waals surface area contributed by atoms with Crippen LogP contribution in [0, 0.1) is 13.8 Å². The molecule has 3 aromatic rings. The van der Waals surface area contributed by atoms with E-state index in [1.807, 2.05) is 16.8 Å². The van der Waals surface area contributed by atoms with Gasteiger partial charge in [-0.2, -0.15) is 0 Å². The van der Waals surface area contributed by atoms with Gasteiger partial charge in [-0.3, -0.25) is 9.69 Å². The van der Waals surface area contributed by atoms with Gasteiger partial charge in [0.2, 0.25) is 0 Å². The summed E-state index contributed by atoms with van der Waals surface area (Å²) in [5.41, 5.74) is 5.08. The van der Waals surface area contributed by atoms with Crippen LogP contribution in [0.5, 0.6) is 0 Å². The molecule has 9 heteroatoms. The van der Waals surface area contributed by atoms with Crippen molar-refractivity contribution in [1.82, 2.24) is 35.0 Å². The molecule has 34 heavy (non-hydrogen) atoms. The average Bonchev–Trinajstić information content (AvgIpc) is 3.57. The number of nitrogens with zero attached hydrogens (tertiary/aromatic N) is 6. The van der Waals surface area contributed by atoms with Gasteiger partial charge in [0.05, 0.1) is 12.6 Å². The molecule has 2 fully saturated rings. The number of benzene rings is 1. The summed E-state index contributed by atoms with van der Waals surface area (Å²) >= 11 is 0. The molecule has 0 spiro atoms. The molecular formula is C25H31N7O2. The van der Waals surface area contributed by atoms with E-state index in [1.54, 1.807) is 0 Å². The van der Waals surface area contributed by atoms with E-state index in [9.17, 15) is 4.79 Å². The lowest BCUT2D eigenvalue weighted by atomic mass is 9.99. The van der Waals surface area contributed by atoms with Crippen LogP contribution in [-0.4, -0.2) is 73.9 Å². The number of tetrazole rings is 1. The Hall–Kier alpha value is -3.04. The Bertz CT molecular complexity index is 1300. The third-order valence-corrected chi connectivity index (χ3v) is 7.41. The van der Waals surface area contributed by atoms with Gasteiger partial charge < -0.3 is 14.6 Å². The van der Waals surface area contributed by atoms with Gasteiger partial charge in [-0.05, 0) is 66.8 Å². The molecule has 1 aromatic carbocycles. The van der Waals surface area contributed by atoms with Crippen molar-refractivity contribution in [2.45, 2.75) is 51.8 Å². The first-order valence-electron chi connectivity index (χ1n) is 12.3. The van der Waals surface area contributed by atoms with Crippen molar-refractivity contribution in [2.24, 2.45) is 0 Å². The Morgan fingerprint density at radius 1 is 1.21 bits per heavy atom. The number of aromatic nitrogens is 5. The highest BCUT2D eigenvalue weighted by Crippen LogP contribution is 2.32. The Labute approximate surface area is 198 Å². The lowest BCUT2D eigenvalue weighted by Crippen LogP contribution is -2.46. The van der Waals surface area contributed by atoms with Crippen LogP contribution in [0.2, 0.25) is 0 Å². The van der Waals surface area contributed by atoms with Gasteiger partial charge in [0.1, 0.15) is 6.04 Å². The minimum absolute atomic E-state index is 0.0861. The minimum atomic E-state index is -0.339. The molecule has 6 rings (SSSR count). The minimum Gasteiger partial charge on any atom is -0.376 e. The molecule has 0 amide bonds. The molecule has 178 valence electrons. The number of aromatic amines is 1. The van der Waals surface area contributed by atoms with E-state index >= 15 is 0 Å². The van der Waals surface area contributed by atoms with Crippen molar-refractivity contribution >= 4 is 10.9 Å². The maximum atomic E-state index is 13.5. The van der Waals surface area contributed by atoms with Crippen molar-refractivity contribution in [2.75, 3.05) is 32.8 Å². The topological polar surface area (TPSA) is 92.2 Å². The monoisotopic (exact) mass is 461 g/mol. The lowest BCUT2D eigenvalue weighted by Gasteiger charge is -2.39. The molecule has 2 saturated heterocycles. The van der Waals surface area contributed by atoms with Gasteiger partial charge in [0, 0.05) is 54.9 Å². The first kappa shape index (κ1) is 21.5. The van der Waals surface area contributed by atoms with E-state index in [4.69, 9.17) is 4.74 Å². The Kier molecular flexibility index (Phi) is 5.45. The van der Waals surface area contributed by atoms with Crippen LogP contribution in [0.3, 0.4) is 0 Å². The number of rotatable bonds is 5. The fraction of sp³-hybridized carbons (Fsp3) is 0.520. The zero-order valence-corrected chi connectivity index (χ0v) is 19.8. The van der Waals surface area contributed by atoms with Crippen molar-refractivity contribution < 1.29 is 4.74 Å². The highest BCUT2D eigenvalue weighted by Gasteiger charge is 2.35. The molecule has 5 heterocycles. The number of hydrogen-bond donors (Lipinski definition) is 1. The van der Waals surface area contributed by atoms with Crippen molar-refractivity contribution in [1.29, 1.82) is 0 Å². The largest absolute Gasteiger partial charge is 0.376 e. The molecule has 3 aliphatic heterocycles. The first-order valence-corrected chi connectivity index (χ1v) is 12.3. The average molecular weight is 462 g/mol. The predicted molar refractivity (Wildman–Crippen MR) is 129 cm³/mol. The number of ether oxygens (including phenoxy) is 1. The van der Waals surface area contributed by atoms with E-state index in [-0.39, 0.29) is 17.7 Å². The molecule has 0 radical (unpaired) electrons. The third-order valence-electron chi connectivity index (χ3n) is 7.41. The summed E-state index contributed by atoms with van der Waals surface area (Å²) in [4.78, 5) is 21.5. The van der Waals surface area contributed by atoms with Gasteiger partial charge in [0.15, 0.2) is 5.82 Å². The summed E-state index contributed by atoms with van der Waals surface area (Å²) in [6.07, 6.45) is 5.57. The highest BCUT2D eigenvalue weighted by molar-refractivity contribution is 5.83. The van der Waals surface area contributed by atoms with Crippen LogP contribution in [0.25, 0.3) is 10.9 Å². The Morgan fingerprint density at radius 3 is 2.97 bits per heavy atom. The van der Waals surface area contributed by atoms with Crippen LogP contribution >= 0.6 is 0 Å². The summed E-state index contributed by atoms with van der Waals surface area (Å²) in [7, 11) is 0. The molecule has 1 N–H and O–H groups in total. The summed E-state index contributed by atoms with van der Waals surface area (Å²) in [5, 5.41) is 13.9. The summed E-state index contributed by atoms with van der Waals surface area (Å²) < 4.78 is 7.71. The Morgan fingerprint density at radius 2 is 2.12 bits per heavy atom. The molecule has 0 aliphatic carbocycles. The van der Waals surface area contributed by atoms with E-state index in [0.29, 0.717) is 17.9 Å². The summed E-state index contributed by atoms with van der Waals surface area (Å²) in [6, 6.07) is 5.90. The van der Waals surface area contributed by atoms with Crippen LogP contribution < -0.4 is 5.56 Å². The molecule has 2 atom stereocenters. The number of fused-ring (bicyclic) bond motifs is 2. The SMILES string of the molecule is Cc1cc(C)c2cc(C(c3nnnn3CC3CCCO3)N3CCN4CCC=C4C3)c(=O)[nH]c2c1. The smallest absolute Gasteiger partial charge is 0.253 e. The zero-order chi connectivity index (χ0) is 23.2. The lowest BCUT2D eigenvalue weighted by molar-refractivity contribution is 0.0897. The van der Waals surface area contributed by atoms with Crippen molar-refractivity contribution in [3.05, 3.63) is 62.8 Å². The van der Waals surface area contributed by atoms with Gasteiger partial charge in [-0.15, -0.1) is 5.10 Å². The number of hydrogen-bond acceptors (Lipinski definition) is 7. The fourth-order valence-electron chi connectivity index (χ4n) is 5.75. The maximum Gasteiger partial charge on any atom is 0.253 e. The number of pyridine rings is 1. The van der Waals surface area contributed by atoms with Gasteiger partial charge in [0.25, 0.3) is 5.56 Å². The molecule has 0 bridgehead atoms.